The van der Waals surface area contributed by atoms with Crippen LogP contribution in [0.2, 0.25) is 19.6 Å². The summed E-state index contributed by atoms with van der Waals surface area (Å²) in [5.74, 6) is 0.327. The summed E-state index contributed by atoms with van der Waals surface area (Å²) < 4.78 is 25.5. The fraction of sp³-hybridized carbons (Fsp3) is 0.875. The van der Waals surface area contributed by atoms with E-state index in [0.717, 1.165) is 32.1 Å². The maximum Gasteiger partial charge on any atom is 0.199 e. The van der Waals surface area contributed by atoms with Crippen molar-refractivity contribution in [1.82, 2.24) is 0 Å². The van der Waals surface area contributed by atoms with Crippen LogP contribution < -0.4 is 0 Å². The van der Waals surface area contributed by atoms with E-state index in [1.807, 2.05) is 6.08 Å². The molecular formula is C24H36O5Si. The number of allylic oxidation sites excluding steroid dienone is 1. The monoisotopic (exact) mass is 432 g/mol. The third kappa shape index (κ3) is 2.46. The highest BCUT2D eigenvalue weighted by molar-refractivity contribution is 6.69. The van der Waals surface area contributed by atoms with Crippen molar-refractivity contribution in [3.05, 3.63) is 11.6 Å². The van der Waals surface area contributed by atoms with E-state index in [2.05, 4.69) is 33.5 Å². The average molecular weight is 433 g/mol. The maximum atomic E-state index is 13.6. The van der Waals surface area contributed by atoms with Crippen molar-refractivity contribution >= 4 is 14.1 Å². The Morgan fingerprint density at radius 2 is 1.80 bits per heavy atom. The molecule has 6 rings (SSSR count). The molecule has 2 heterocycles. The summed E-state index contributed by atoms with van der Waals surface area (Å²) in [7, 11) is -1.79. The molecular weight excluding hydrogens is 396 g/mol. The molecule has 0 aromatic carbocycles. The molecule has 0 aromatic rings. The van der Waals surface area contributed by atoms with Crippen molar-refractivity contribution in [2.24, 2.45) is 28.6 Å². The number of carbonyl (C=O) groups excluding carboxylic acids is 1. The predicted octanol–water partition coefficient (Wildman–Crippen LogP) is 4.08. The van der Waals surface area contributed by atoms with Gasteiger partial charge in [0.25, 0.3) is 0 Å². The van der Waals surface area contributed by atoms with E-state index in [-0.39, 0.29) is 34.9 Å². The number of epoxide rings is 1. The van der Waals surface area contributed by atoms with Crippen LogP contribution in [0.25, 0.3) is 0 Å². The van der Waals surface area contributed by atoms with Gasteiger partial charge in [0, 0.05) is 11.3 Å². The predicted molar refractivity (Wildman–Crippen MR) is 114 cm³/mol. The van der Waals surface area contributed by atoms with Crippen molar-refractivity contribution in [1.29, 1.82) is 0 Å². The van der Waals surface area contributed by atoms with E-state index in [1.165, 1.54) is 5.57 Å². The first kappa shape index (κ1) is 20.1. The first-order chi connectivity index (χ1) is 14.1. The first-order valence-electron chi connectivity index (χ1n) is 12.0. The van der Waals surface area contributed by atoms with Gasteiger partial charge in [0.15, 0.2) is 19.9 Å². The van der Waals surface area contributed by atoms with Crippen molar-refractivity contribution in [3.8, 4) is 0 Å². The Labute approximate surface area is 181 Å². The minimum atomic E-state index is -1.79. The molecule has 1 spiro atoms. The van der Waals surface area contributed by atoms with Crippen LogP contribution in [0.3, 0.4) is 0 Å². The van der Waals surface area contributed by atoms with Crippen LogP contribution in [0.4, 0.5) is 0 Å². The minimum absolute atomic E-state index is 0.0488. The zero-order chi connectivity index (χ0) is 21.1. The van der Waals surface area contributed by atoms with E-state index < -0.39 is 14.1 Å². The number of hydrogen-bond acceptors (Lipinski definition) is 5. The minimum Gasteiger partial charge on any atom is -0.409 e. The fourth-order valence-electron chi connectivity index (χ4n) is 8.14. The lowest BCUT2D eigenvalue weighted by Crippen LogP contribution is -2.59. The van der Waals surface area contributed by atoms with Gasteiger partial charge < -0.3 is 18.6 Å². The Morgan fingerprint density at radius 3 is 2.50 bits per heavy atom. The third-order valence-electron chi connectivity index (χ3n) is 9.50. The summed E-state index contributed by atoms with van der Waals surface area (Å²) in [5.41, 5.74) is 1.21. The Morgan fingerprint density at radius 1 is 1.07 bits per heavy atom. The van der Waals surface area contributed by atoms with E-state index in [9.17, 15) is 4.79 Å². The second-order valence-electron chi connectivity index (χ2n) is 12.1. The van der Waals surface area contributed by atoms with Gasteiger partial charge in [0.05, 0.1) is 25.4 Å². The third-order valence-corrected chi connectivity index (χ3v) is 10.5. The number of hydrogen-bond donors (Lipinski definition) is 0. The highest BCUT2D eigenvalue weighted by Gasteiger charge is 2.73. The molecule has 166 valence electrons. The summed E-state index contributed by atoms with van der Waals surface area (Å²) in [6.07, 6.45) is 7.74. The van der Waals surface area contributed by atoms with Crippen LogP contribution in [0.15, 0.2) is 11.6 Å². The van der Waals surface area contributed by atoms with Crippen LogP contribution in [-0.4, -0.2) is 51.4 Å². The second-order valence-corrected chi connectivity index (χ2v) is 16.5. The van der Waals surface area contributed by atoms with E-state index in [4.69, 9.17) is 18.6 Å². The molecule has 2 saturated heterocycles. The lowest BCUT2D eigenvalue weighted by atomic mass is 9.47. The van der Waals surface area contributed by atoms with Gasteiger partial charge >= 0.3 is 0 Å². The topological polar surface area (TPSA) is 57.3 Å². The second kappa shape index (κ2) is 6.07. The molecule has 0 radical (unpaired) electrons. The van der Waals surface area contributed by atoms with Gasteiger partial charge in [-0.3, -0.25) is 4.79 Å². The number of ketones is 1. The molecule has 5 nitrogen and oxygen atoms in total. The summed E-state index contributed by atoms with van der Waals surface area (Å²) in [4.78, 5) is 13.6. The van der Waals surface area contributed by atoms with Gasteiger partial charge in [-0.25, -0.2) is 0 Å². The molecule has 30 heavy (non-hydrogen) atoms. The van der Waals surface area contributed by atoms with E-state index in [0.29, 0.717) is 31.0 Å². The lowest BCUT2D eigenvalue weighted by molar-refractivity contribution is -0.269. The number of fused-ring (bicyclic) bond motifs is 8. The number of ether oxygens (including phenoxy) is 3. The normalized spacial score (nSPS) is 51.1. The standard InChI is InChI=1S/C24H36O5Si/c1-22-8-7-18-21(28-18)16(22)12-17(25)20-14(22)6-9-23(2)15(20)13-19(29-30(3,4)5)24(23)26-10-11-27-24/h12,14-15,18-21H,6-11,13H2,1-5H3/t14-,15-,18+,19+,20+,21-,22+,23-/m0/s1. The van der Waals surface area contributed by atoms with Crippen LogP contribution >= 0.6 is 0 Å². The maximum absolute atomic E-state index is 13.6. The molecule has 5 fully saturated rings. The van der Waals surface area contributed by atoms with E-state index in [1.54, 1.807) is 0 Å². The quantitative estimate of drug-likeness (QED) is 0.486. The summed E-state index contributed by atoms with van der Waals surface area (Å²) in [5, 5.41) is 0. The van der Waals surface area contributed by atoms with Crippen LogP contribution in [0.1, 0.15) is 46.0 Å². The van der Waals surface area contributed by atoms with Crippen LogP contribution in [-0.2, 0) is 23.4 Å². The van der Waals surface area contributed by atoms with Crippen molar-refractivity contribution in [2.75, 3.05) is 13.2 Å². The van der Waals surface area contributed by atoms with Gasteiger partial charge in [0.2, 0.25) is 0 Å². The molecule has 3 saturated carbocycles. The van der Waals surface area contributed by atoms with Gasteiger partial charge in [-0.2, -0.15) is 0 Å². The summed E-state index contributed by atoms with van der Waals surface area (Å²) in [6, 6.07) is 0. The van der Waals surface area contributed by atoms with Crippen molar-refractivity contribution in [2.45, 2.75) is 89.7 Å². The van der Waals surface area contributed by atoms with Crippen LogP contribution in [0, 0.1) is 28.6 Å². The molecule has 6 heteroatoms. The Hall–Kier alpha value is -0.533. The molecule has 0 aromatic heterocycles. The largest absolute Gasteiger partial charge is 0.409 e. The lowest BCUT2D eigenvalue weighted by Gasteiger charge is -2.57. The Balaban J connectivity index is 1.41. The smallest absolute Gasteiger partial charge is 0.199 e. The van der Waals surface area contributed by atoms with Gasteiger partial charge in [-0.05, 0) is 80.6 Å². The van der Waals surface area contributed by atoms with Gasteiger partial charge in [-0.15, -0.1) is 0 Å². The average Bonchev–Trinajstić information content (AvgIpc) is 3.20. The highest BCUT2D eigenvalue weighted by Crippen LogP contribution is 2.69. The summed E-state index contributed by atoms with van der Waals surface area (Å²) >= 11 is 0. The molecule has 8 atom stereocenters. The Bertz CT molecular complexity index is 811. The summed E-state index contributed by atoms with van der Waals surface area (Å²) in [6.45, 7) is 12.7. The molecule has 6 aliphatic rings. The van der Waals surface area contributed by atoms with Gasteiger partial charge in [-0.1, -0.05) is 13.8 Å². The molecule has 0 amide bonds. The molecule has 0 N–H and O–H groups in total. The Kier molecular flexibility index (Phi) is 4.07. The SMILES string of the molecule is C[C@]12CC[C@H]3O[C@H]3C1=CC(=O)[C@@H]1[C@@H]2CC[C@@]2(C)[C@H]1C[C@@H](O[Si](C)(C)C)C21OCCO1. The molecule has 2 aliphatic heterocycles. The molecule has 0 bridgehead atoms. The van der Waals surface area contributed by atoms with E-state index >= 15 is 0 Å². The van der Waals surface area contributed by atoms with Crippen molar-refractivity contribution < 1.29 is 23.4 Å². The molecule has 0 unspecified atom stereocenters. The van der Waals surface area contributed by atoms with Crippen LogP contribution in [0.5, 0.6) is 0 Å². The number of carbonyl (C=O) groups is 1. The number of rotatable bonds is 2. The van der Waals surface area contributed by atoms with Gasteiger partial charge in [0.1, 0.15) is 6.10 Å². The zero-order valence-corrected chi connectivity index (χ0v) is 20.0. The fourth-order valence-corrected chi connectivity index (χ4v) is 9.25. The zero-order valence-electron chi connectivity index (χ0n) is 19.0. The highest BCUT2D eigenvalue weighted by atomic mass is 28.4. The van der Waals surface area contributed by atoms with Crippen molar-refractivity contribution in [3.63, 3.8) is 0 Å². The molecule has 4 aliphatic carbocycles. The first-order valence-corrected chi connectivity index (χ1v) is 15.4.